The number of fused-ring (bicyclic) bond motifs is 2. The molecule has 0 radical (unpaired) electrons. The molecule has 10 heteroatoms. The zero-order valence-corrected chi connectivity index (χ0v) is 25.2. The topological polar surface area (TPSA) is 127 Å². The van der Waals surface area contributed by atoms with Gasteiger partial charge in [0.15, 0.2) is 0 Å². The molecule has 0 aromatic heterocycles. The average molecular weight is 588 g/mol. The maximum Gasteiger partial charge on any atom is 0.338 e. The molecule has 1 aliphatic heterocycles. The van der Waals surface area contributed by atoms with Gasteiger partial charge in [-0.2, -0.15) is 0 Å². The zero-order valence-electron chi connectivity index (χ0n) is 25.2. The second kappa shape index (κ2) is 9.60. The molecule has 13 atom stereocenters. The summed E-state index contributed by atoms with van der Waals surface area (Å²) in [6, 6.07) is 6.69. The van der Waals surface area contributed by atoms with Crippen molar-refractivity contribution in [2.45, 2.75) is 74.3 Å². The number of esters is 1. The van der Waals surface area contributed by atoms with Crippen LogP contribution in [-0.2, 0) is 18.9 Å². The van der Waals surface area contributed by atoms with E-state index in [1.54, 1.807) is 52.7 Å². The average Bonchev–Trinajstić information content (AvgIpc) is 3.39. The number of aliphatic hydroxyl groups excluding tert-OH is 1. The normalized spacial score (nSPS) is 50.0. The van der Waals surface area contributed by atoms with E-state index in [2.05, 4.69) is 11.8 Å². The first kappa shape index (κ1) is 29.0. The number of hydrogen-bond acceptors (Lipinski definition) is 10. The number of ether oxygens (including phenoxy) is 5. The maximum absolute atomic E-state index is 13.6. The molecular weight excluding hydrogens is 542 g/mol. The summed E-state index contributed by atoms with van der Waals surface area (Å²) in [4.78, 5) is 16.0. The molecule has 5 aliphatic carbocycles. The number of benzene rings is 1. The number of rotatable bonds is 8. The van der Waals surface area contributed by atoms with Gasteiger partial charge in [-0.3, -0.25) is 4.90 Å². The third-order valence-electron chi connectivity index (χ3n) is 12.9. The SMILES string of the molecule is CCN1C[C@]2(COC)[C@H](O)C[C@H](OC)[C@@]34C5C[C@@]6(O)C(OC(=O)c7ccc(OC)cc7)C5[C@](O)(C[C@@H]6OC)[C@@H](C[C@H]23)C14. The summed E-state index contributed by atoms with van der Waals surface area (Å²) >= 11 is 0. The third-order valence-corrected chi connectivity index (χ3v) is 12.9. The van der Waals surface area contributed by atoms with Gasteiger partial charge in [0, 0.05) is 69.4 Å². The smallest absolute Gasteiger partial charge is 0.338 e. The van der Waals surface area contributed by atoms with E-state index in [0.29, 0.717) is 43.7 Å². The lowest BCUT2D eigenvalue weighted by atomic mass is 9.42. The van der Waals surface area contributed by atoms with E-state index in [0.717, 1.165) is 6.54 Å². The number of piperidine rings is 1. The Labute approximate surface area is 247 Å². The van der Waals surface area contributed by atoms with Gasteiger partial charge in [-0.1, -0.05) is 6.92 Å². The van der Waals surface area contributed by atoms with Crippen molar-refractivity contribution in [1.82, 2.24) is 4.90 Å². The van der Waals surface area contributed by atoms with Crippen LogP contribution in [0.2, 0.25) is 0 Å². The highest BCUT2D eigenvalue weighted by Crippen LogP contribution is 2.79. The van der Waals surface area contributed by atoms with Crippen molar-refractivity contribution < 1.29 is 43.8 Å². The van der Waals surface area contributed by atoms with Gasteiger partial charge in [0.25, 0.3) is 0 Å². The van der Waals surface area contributed by atoms with Crippen LogP contribution >= 0.6 is 0 Å². The minimum Gasteiger partial charge on any atom is -0.497 e. The summed E-state index contributed by atoms with van der Waals surface area (Å²) in [6.45, 7) is 3.98. The van der Waals surface area contributed by atoms with E-state index in [1.807, 2.05) is 0 Å². The maximum atomic E-state index is 13.6. The van der Waals surface area contributed by atoms with Gasteiger partial charge in [0.2, 0.25) is 0 Å². The predicted molar refractivity (Wildman–Crippen MR) is 150 cm³/mol. The van der Waals surface area contributed by atoms with Crippen LogP contribution in [0.4, 0.5) is 0 Å². The number of hydrogen-bond donors (Lipinski definition) is 3. The predicted octanol–water partition coefficient (Wildman–Crippen LogP) is 1.49. The highest BCUT2D eigenvalue weighted by atomic mass is 16.6. The second-order valence-electron chi connectivity index (χ2n) is 13.8. The van der Waals surface area contributed by atoms with E-state index in [1.165, 1.54) is 0 Å². The van der Waals surface area contributed by atoms with Gasteiger partial charge in [-0.15, -0.1) is 0 Å². The molecule has 1 saturated heterocycles. The van der Waals surface area contributed by atoms with E-state index in [9.17, 15) is 20.1 Å². The Bertz CT molecular complexity index is 1230. The fourth-order valence-electron chi connectivity index (χ4n) is 11.7. The van der Waals surface area contributed by atoms with Gasteiger partial charge in [0.05, 0.1) is 43.2 Å². The van der Waals surface area contributed by atoms with Crippen molar-refractivity contribution in [2.75, 3.05) is 48.1 Å². The summed E-state index contributed by atoms with van der Waals surface area (Å²) in [5.41, 5.74) is -3.38. The van der Waals surface area contributed by atoms with Crippen LogP contribution < -0.4 is 4.74 Å². The highest BCUT2D eigenvalue weighted by molar-refractivity contribution is 5.89. The van der Waals surface area contributed by atoms with Gasteiger partial charge in [0.1, 0.15) is 17.5 Å². The lowest BCUT2D eigenvalue weighted by Crippen LogP contribution is -2.78. The van der Waals surface area contributed by atoms with Crippen LogP contribution in [0, 0.1) is 34.5 Å². The van der Waals surface area contributed by atoms with E-state index >= 15 is 0 Å². The van der Waals surface area contributed by atoms with Gasteiger partial charge in [-0.25, -0.2) is 4.79 Å². The van der Waals surface area contributed by atoms with Crippen molar-refractivity contribution in [2.24, 2.45) is 34.5 Å². The highest BCUT2D eigenvalue weighted by Gasteiger charge is 2.87. The largest absolute Gasteiger partial charge is 0.497 e. The number of aliphatic hydroxyl groups is 3. The monoisotopic (exact) mass is 587 g/mol. The number of methoxy groups -OCH3 is 4. The Kier molecular flexibility index (Phi) is 6.62. The minimum atomic E-state index is -1.48. The Morgan fingerprint density at radius 2 is 1.69 bits per heavy atom. The Hall–Kier alpha value is -1.79. The number of likely N-dealkylation sites (tertiary alicyclic amines) is 1. The number of nitrogens with zero attached hydrogens (tertiary/aromatic N) is 1. The lowest BCUT2D eigenvalue weighted by molar-refractivity contribution is -0.297. The molecule has 7 bridgehead atoms. The van der Waals surface area contributed by atoms with Crippen molar-refractivity contribution in [3.8, 4) is 5.75 Å². The Morgan fingerprint density at radius 1 is 0.976 bits per heavy atom. The van der Waals surface area contributed by atoms with E-state index in [-0.39, 0.29) is 36.3 Å². The molecule has 6 fully saturated rings. The summed E-state index contributed by atoms with van der Waals surface area (Å²) in [7, 11) is 6.52. The molecule has 6 aliphatic rings. The fraction of sp³-hybridized carbons (Fsp3) is 0.781. The standard InChI is InChI=1S/C32H45NO9/c1-6-33-15-29(16-38-2)21-11-19-26(33)32(21,23(40-4)12-22(29)34)20-13-31(37)24(41-5)14-30(19,36)25(20)27(31)42-28(35)17-7-9-18(39-3)10-8-17/h7-10,19-27,34,36-37H,6,11-16H2,1-5H3/t19-,20?,21+,22+,23-,24-,25?,26?,27?,29+,30-,31-,32+/m0/s1. The molecule has 7 rings (SSSR count). The van der Waals surface area contributed by atoms with Crippen molar-refractivity contribution in [3.63, 3.8) is 0 Å². The van der Waals surface area contributed by atoms with Crippen LogP contribution in [-0.4, -0.2) is 116 Å². The molecular formula is C32H45NO9. The van der Waals surface area contributed by atoms with Crippen LogP contribution in [0.25, 0.3) is 0 Å². The summed E-state index contributed by atoms with van der Waals surface area (Å²) in [5.74, 6) is -0.822. The molecule has 1 aromatic carbocycles. The summed E-state index contributed by atoms with van der Waals surface area (Å²) < 4.78 is 29.6. The Balaban J connectivity index is 1.38. The van der Waals surface area contributed by atoms with Crippen LogP contribution in [0.5, 0.6) is 5.75 Å². The lowest BCUT2D eigenvalue weighted by Gasteiger charge is -2.70. The van der Waals surface area contributed by atoms with Gasteiger partial charge < -0.3 is 39.0 Å². The van der Waals surface area contributed by atoms with Crippen molar-refractivity contribution in [1.29, 1.82) is 0 Å². The number of carbonyl (C=O) groups excluding carboxylic acids is 1. The molecule has 42 heavy (non-hydrogen) atoms. The molecule has 1 aromatic rings. The minimum absolute atomic E-state index is 0.00271. The van der Waals surface area contributed by atoms with Gasteiger partial charge >= 0.3 is 5.97 Å². The van der Waals surface area contributed by atoms with Crippen molar-refractivity contribution >= 4 is 5.97 Å². The third kappa shape index (κ3) is 3.27. The van der Waals surface area contributed by atoms with Gasteiger partial charge in [-0.05, 0) is 55.5 Å². The first-order valence-corrected chi connectivity index (χ1v) is 15.4. The molecule has 1 heterocycles. The quantitative estimate of drug-likeness (QED) is 0.385. The van der Waals surface area contributed by atoms with E-state index < -0.39 is 52.2 Å². The van der Waals surface area contributed by atoms with Crippen LogP contribution in [0.3, 0.4) is 0 Å². The summed E-state index contributed by atoms with van der Waals surface area (Å²) in [5, 5.41) is 37.2. The molecule has 232 valence electrons. The van der Waals surface area contributed by atoms with Crippen LogP contribution in [0.15, 0.2) is 24.3 Å². The second-order valence-corrected chi connectivity index (χ2v) is 13.8. The first-order valence-electron chi connectivity index (χ1n) is 15.4. The Morgan fingerprint density at radius 3 is 2.31 bits per heavy atom. The van der Waals surface area contributed by atoms with Crippen molar-refractivity contribution in [3.05, 3.63) is 29.8 Å². The zero-order chi connectivity index (χ0) is 29.8. The molecule has 3 N–H and O–H groups in total. The van der Waals surface area contributed by atoms with Crippen LogP contribution in [0.1, 0.15) is 43.0 Å². The number of carbonyl (C=O) groups is 1. The van der Waals surface area contributed by atoms with E-state index in [4.69, 9.17) is 23.7 Å². The molecule has 1 spiro atoms. The summed E-state index contributed by atoms with van der Waals surface area (Å²) in [6.07, 6.45) is -0.842. The molecule has 10 nitrogen and oxygen atoms in total. The first-order chi connectivity index (χ1) is 20.1. The molecule has 5 saturated carbocycles. The molecule has 4 unspecified atom stereocenters. The fourth-order valence-corrected chi connectivity index (χ4v) is 11.7. The molecule has 0 amide bonds.